The second-order valence-corrected chi connectivity index (χ2v) is 5.55. The lowest BCUT2D eigenvalue weighted by Gasteiger charge is -2.18. The average Bonchev–Trinajstić information content (AvgIpc) is 2.90. The van der Waals surface area contributed by atoms with Gasteiger partial charge in [0.2, 0.25) is 5.89 Å². The summed E-state index contributed by atoms with van der Waals surface area (Å²) in [6, 6.07) is 9.90. The molecule has 1 aromatic heterocycles. The van der Waals surface area contributed by atoms with Crippen LogP contribution in [0.3, 0.4) is 0 Å². The van der Waals surface area contributed by atoms with E-state index in [0.29, 0.717) is 33.3 Å². The SMILES string of the molecule is CC(Nc1ccc(-c2nc3ccc(Cl)cc3o2)cc1)C(F)(F)F. The maximum absolute atomic E-state index is 12.5. The third kappa shape index (κ3) is 3.42. The van der Waals surface area contributed by atoms with Gasteiger partial charge in [-0.1, -0.05) is 11.6 Å². The fraction of sp³-hybridized carbons (Fsp3) is 0.188. The summed E-state index contributed by atoms with van der Waals surface area (Å²) < 4.78 is 43.2. The number of rotatable bonds is 3. The quantitative estimate of drug-likeness (QED) is 0.683. The summed E-state index contributed by atoms with van der Waals surface area (Å²) in [5.74, 6) is 0.387. The van der Waals surface area contributed by atoms with Gasteiger partial charge in [0.15, 0.2) is 5.58 Å². The van der Waals surface area contributed by atoms with Gasteiger partial charge in [0.1, 0.15) is 11.6 Å². The van der Waals surface area contributed by atoms with Gasteiger partial charge < -0.3 is 9.73 Å². The molecule has 7 heteroatoms. The zero-order chi connectivity index (χ0) is 16.6. The standard InChI is InChI=1S/C16H12ClF3N2O/c1-9(16(18,19)20)21-12-5-2-10(3-6-12)15-22-13-7-4-11(17)8-14(13)23-15/h2-9,21H,1H3. The van der Waals surface area contributed by atoms with Gasteiger partial charge >= 0.3 is 6.18 Å². The fourth-order valence-electron chi connectivity index (χ4n) is 2.06. The van der Waals surface area contributed by atoms with Crippen LogP contribution in [-0.2, 0) is 0 Å². The normalized spacial score (nSPS) is 13.3. The molecule has 1 N–H and O–H groups in total. The number of benzene rings is 2. The molecule has 0 aliphatic heterocycles. The summed E-state index contributed by atoms with van der Waals surface area (Å²) in [5, 5.41) is 2.94. The molecule has 23 heavy (non-hydrogen) atoms. The number of nitrogens with zero attached hydrogens (tertiary/aromatic N) is 1. The highest BCUT2D eigenvalue weighted by molar-refractivity contribution is 6.31. The molecule has 2 aromatic carbocycles. The fourth-order valence-corrected chi connectivity index (χ4v) is 2.22. The predicted molar refractivity (Wildman–Crippen MR) is 83.6 cm³/mol. The highest BCUT2D eigenvalue weighted by atomic mass is 35.5. The van der Waals surface area contributed by atoms with Gasteiger partial charge in [-0.3, -0.25) is 0 Å². The Hall–Kier alpha value is -2.21. The minimum Gasteiger partial charge on any atom is -0.436 e. The van der Waals surface area contributed by atoms with Crippen LogP contribution in [0.4, 0.5) is 18.9 Å². The Morgan fingerprint density at radius 3 is 2.48 bits per heavy atom. The number of hydrogen-bond acceptors (Lipinski definition) is 3. The van der Waals surface area contributed by atoms with E-state index in [-0.39, 0.29) is 0 Å². The highest BCUT2D eigenvalue weighted by Gasteiger charge is 2.35. The van der Waals surface area contributed by atoms with E-state index in [0.717, 1.165) is 6.92 Å². The molecular formula is C16H12ClF3N2O. The van der Waals surface area contributed by atoms with Crippen molar-refractivity contribution >= 4 is 28.4 Å². The van der Waals surface area contributed by atoms with Gasteiger partial charge in [0.05, 0.1) is 0 Å². The van der Waals surface area contributed by atoms with Crippen LogP contribution in [0.15, 0.2) is 46.9 Å². The van der Waals surface area contributed by atoms with Crippen molar-refractivity contribution in [2.75, 3.05) is 5.32 Å². The minimum atomic E-state index is -4.29. The number of hydrogen-bond donors (Lipinski definition) is 1. The molecule has 3 aromatic rings. The summed E-state index contributed by atoms with van der Waals surface area (Å²) >= 11 is 5.89. The summed E-state index contributed by atoms with van der Waals surface area (Å²) in [5.41, 5.74) is 2.26. The number of halogens is 4. The van der Waals surface area contributed by atoms with E-state index in [1.54, 1.807) is 42.5 Å². The monoisotopic (exact) mass is 340 g/mol. The summed E-state index contributed by atoms with van der Waals surface area (Å²) in [6.07, 6.45) is -4.29. The number of anilines is 1. The van der Waals surface area contributed by atoms with Crippen molar-refractivity contribution in [3.8, 4) is 11.5 Å². The van der Waals surface area contributed by atoms with Crippen LogP contribution in [-0.4, -0.2) is 17.2 Å². The molecule has 0 aliphatic rings. The molecule has 0 bridgehead atoms. The van der Waals surface area contributed by atoms with Gasteiger partial charge in [-0.25, -0.2) is 4.98 Å². The van der Waals surface area contributed by atoms with E-state index in [4.69, 9.17) is 16.0 Å². The Morgan fingerprint density at radius 2 is 1.83 bits per heavy atom. The Kier molecular flexibility index (Phi) is 3.93. The molecule has 1 atom stereocenters. The predicted octanol–water partition coefficient (Wildman–Crippen LogP) is 5.51. The first-order valence-corrected chi connectivity index (χ1v) is 7.20. The first-order chi connectivity index (χ1) is 10.8. The first kappa shape index (κ1) is 15.7. The maximum Gasteiger partial charge on any atom is 0.408 e. The van der Waals surface area contributed by atoms with Gasteiger partial charge in [-0.2, -0.15) is 13.2 Å². The molecule has 120 valence electrons. The molecule has 0 spiro atoms. The van der Waals surface area contributed by atoms with E-state index >= 15 is 0 Å². The van der Waals surface area contributed by atoms with Gasteiger partial charge in [-0.05, 0) is 43.3 Å². The Bertz CT molecular complexity index is 827. The third-order valence-corrected chi connectivity index (χ3v) is 3.59. The summed E-state index contributed by atoms with van der Waals surface area (Å²) in [4.78, 5) is 4.33. The van der Waals surface area contributed by atoms with Crippen molar-refractivity contribution in [2.24, 2.45) is 0 Å². The van der Waals surface area contributed by atoms with Crippen molar-refractivity contribution in [1.29, 1.82) is 0 Å². The van der Waals surface area contributed by atoms with Crippen LogP contribution >= 0.6 is 11.6 Å². The van der Waals surface area contributed by atoms with Crippen LogP contribution in [0.1, 0.15) is 6.92 Å². The van der Waals surface area contributed by atoms with E-state index in [1.807, 2.05) is 0 Å². The smallest absolute Gasteiger partial charge is 0.408 e. The molecule has 3 rings (SSSR count). The number of alkyl halides is 3. The Labute approximate surface area is 135 Å². The second-order valence-electron chi connectivity index (χ2n) is 5.12. The molecule has 1 unspecified atom stereocenters. The largest absolute Gasteiger partial charge is 0.436 e. The summed E-state index contributed by atoms with van der Waals surface area (Å²) in [7, 11) is 0. The third-order valence-electron chi connectivity index (χ3n) is 3.36. The van der Waals surface area contributed by atoms with Crippen molar-refractivity contribution in [1.82, 2.24) is 4.98 Å². The molecule has 1 heterocycles. The van der Waals surface area contributed by atoms with Crippen LogP contribution in [0.2, 0.25) is 5.02 Å². The second kappa shape index (κ2) is 5.77. The molecule has 0 saturated heterocycles. The molecule has 0 radical (unpaired) electrons. The number of fused-ring (bicyclic) bond motifs is 1. The lowest BCUT2D eigenvalue weighted by atomic mass is 10.2. The highest BCUT2D eigenvalue weighted by Crippen LogP contribution is 2.28. The van der Waals surface area contributed by atoms with Crippen LogP contribution < -0.4 is 5.32 Å². The van der Waals surface area contributed by atoms with Crippen LogP contribution in [0.5, 0.6) is 0 Å². The topological polar surface area (TPSA) is 38.1 Å². The Morgan fingerprint density at radius 1 is 1.13 bits per heavy atom. The van der Waals surface area contributed by atoms with Gasteiger partial charge in [-0.15, -0.1) is 0 Å². The Balaban J connectivity index is 1.83. The van der Waals surface area contributed by atoms with E-state index in [9.17, 15) is 13.2 Å². The lowest BCUT2D eigenvalue weighted by Crippen LogP contribution is -2.32. The minimum absolute atomic E-state index is 0.373. The van der Waals surface area contributed by atoms with Crippen molar-refractivity contribution < 1.29 is 17.6 Å². The molecule has 0 aliphatic carbocycles. The van der Waals surface area contributed by atoms with E-state index in [2.05, 4.69) is 10.3 Å². The zero-order valence-electron chi connectivity index (χ0n) is 12.0. The van der Waals surface area contributed by atoms with Crippen molar-refractivity contribution in [3.63, 3.8) is 0 Å². The van der Waals surface area contributed by atoms with Crippen molar-refractivity contribution in [2.45, 2.75) is 19.1 Å². The number of oxazole rings is 1. The molecular weight excluding hydrogens is 329 g/mol. The zero-order valence-corrected chi connectivity index (χ0v) is 12.7. The number of aromatic nitrogens is 1. The molecule has 3 nitrogen and oxygen atoms in total. The van der Waals surface area contributed by atoms with Gasteiger partial charge in [0.25, 0.3) is 0 Å². The van der Waals surface area contributed by atoms with Crippen molar-refractivity contribution in [3.05, 3.63) is 47.5 Å². The van der Waals surface area contributed by atoms with Crippen LogP contribution in [0.25, 0.3) is 22.6 Å². The lowest BCUT2D eigenvalue weighted by molar-refractivity contribution is -0.138. The van der Waals surface area contributed by atoms with Crippen LogP contribution in [0, 0.1) is 0 Å². The first-order valence-electron chi connectivity index (χ1n) is 6.83. The summed E-state index contributed by atoms with van der Waals surface area (Å²) in [6.45, 7) is 1.07. The maximum atomic E-state index is 12.5. The average molecular weight is 341 g/mol. The number of nitrogens with one attached hydrogen (secondary N) is 1. The van der Waals surface area contributed by atoms with Gasteiger partial charge in [0, 0.05) is 22.3 Å². The molecule has 0 fully saturated rings. The molecule has 0 amide bonds. The van der Waals surface area contributed by atoms with E-state index in [1.165, 1.54) is 0 Å². The van der Waals surface area contributed by atoms with E-state index < -0.39 is 12.2 Å². The molecule has 0 saturated carbocycles.